The molecule has 0 aromatic heterocycles. The van der Waals surface area contributed by atoms with Crippen LogP contribution < -0.4 is 5.73 Å². The van der Waals surface area contributed by atoms with Crippen LogP contribution in [-0.2, 0) is 0 Å². The SMILES string of the molecule is CC(S)CC[NH]. The molecule has 0 aromatic rings. The first-order chi connectivity index (χ1) is 2.77. The molecule has 1 radical (unpaired) electrons. The molecule has 37 valence electrons. The maximum Gasteiger partial charge on any atom is 0.0110 e. The van der Waals surface area contributed by atoms with Gasteiger partial charge in [-0.2, -0.15) is 12.6 Å². The molecule has 6 heavy (non-hydrogen) atoms. The van der Waals surface area contributed by atoms with Crippen molar-refractivity contribution >= 4 is 12.6 Å². The summed E-state index contributed by atoms with van der Waals surface area (Å²) in [5, 5.41) is 0.405. The number of hydrogen-bond donors (Lipinski definition) is 1. The van der Waals surface area contributed by atoms with Crippen LogP contribution in [0.1, 0.15) is 13.3 Å². The third kappa shape index (κ3) is 4.31. The van der Waals surface area contributed by atoms with E-state index in [0.717, 1.165) is 6.42 Å². The lowest BCUT2D eigenvalue weighted by Gasteiger charge is -1.94. The molecule has 0 heterocycles. The Balaban J connectivity index is 2.63. The zero-order chi connectivity index (χ0) is 4.99. The van der Waals surface area contributed by atoms with Crippen LogP contribution >= 0.6 is 12.6 Å². The summed E-state index contributed by atoms with van der Waals surface area (Å²) in [6.45, 7) is 2.50. The van der Waals surface area contributed by atoms with E-state index in [-0.39, 0.29) is 0 Å². The van der Waals surface area contributed by atoms with Crippen molar-refractivity contribution < 1.29 is 0 Å². The molecule has 1 N–H and O–H groups in total. The van der Waals surface area contributed by atoms with E-state index in [2.05, 4.69) is 12.6 Å². The number of nitrogens with one attached hydrogen (secondary N) is 1. The van der Waals surface area contributed by atoms with E-state index in [1.807, 2.05) is 6.92 Å². The minimum Gasteiger partial charge on any atom is -0.258 e. The van der Waals surface area contributed by atoms with Gasteiger partial charge in [-0.25, -0.2) is 0 Å². The smallest absolute Gasteiger partial charge is 0.0110 e. The van der Waals surface area contributed by atoms with Crippen molar-refractivity contribution in [3.63, 3.8) is 0 Å². The van der Waals surface area contributed by atoms with Gasteiger partial charge in [-0.1, -0.05) is 6.92 Å². The van der Waals surface area contributed by atoms with Crippen LogP contribution in [0.2, 0.25) is 0 Å². The first-order valence-electron chi connectivity index (χ1n) is 2.10. The highest BCUT2D eigenvalue weighted by Gasteiger charge is 1.87. The van der Waals surface area contributed by atoms with Crippen LogP contribution in [0.25, 0.3) is 0 Å². The molecule has 0 aliphatic carbocycles. The Morgan fingerprint density at radius 3 is 2.33 bits per heavy atom. The summed E-state index contributed by atoms with van der Waals surface area (Å²) in [4.78, 5) is 0. The van der Waals surface area contributed by atoms with Gasteiger partial charge < -0.3 is 0 Å². The summed E-state index contributed by atoms with van der Waals surface area (Å²) < 4.78 is 0. The van der Waals surface area contributed by atoms with E-state index < -0.39 is 0 Å². The molecule has 0 fully saturated rings. The summed E-state index contributed by atoms with van der Waals surface area (Å²) in [6.07, 6.45) is 0.906. The molecule has 0 saturated heterocycles. The Hall–Kier alpha value is 0.310. The Morgan fingerprint density at radius 2 is 2.33 bits per heavy atom. The van der Waals surface area contributed by atoms with Crippen LogP contribution in [0.15, 0.2) is 0 Å². The third-order valence-electron chi connectivity index (χ3n) is 0.562. The normalized spacial score (nSPS) is 14.5. The predicted molar refractivity (Wildman–Crippen MR) is 31.0 cm³/mol. The van der Waals surface area contributed by atoms with Gasteiger partial charge in [0.25, 0.3) is 0 Å². The van der Waals surface area contributed by atoms with Gasteiger partial charge in [-0.3, -0.25) is 5.73 Å². The molecule has 0 aliphatic rings. The zero-order valence-corrected chi connectivity index (χ0v) is 4.83. The average molecular weight is 104 g/mol. The molecule has 1 atom stereocenters. The highest BCUT2D eigenvalue weighted by Crippen LogP contribution is 1.94. The van der Waals surface area contributed by atoms with Gasteiger partial charge >= 0.3 is 0 Å². The Morgan fingerprint density at radius 1 is 1.83 bits per heavy atom. The van der Waals surface area contributed by atoms with Crippen LogP contribution in [0.5, 0.6) is 0 Å². The fourth-order valence-electron chi connectivity index (χ4n) is 0.209. The van der Waals surface area contributed by atoms with Gasteiger partial charge in [-0.15, -0.1) is 0 Å². The van der Waals surface area contributed by atoms with E-state index in [9.17, 15) is 0 Å². The minimum atomic E-state index is 0.405. The number of thiol groups is 1. The molecule has 1 nitrogen and oxygen atoms in total. The first-order valence-corrected chi connectivity index (χ1v) is 2.61. The molecule has 0 bridgehead atoms. The lowest BCUT2D eigenvalue weighted by molar-refractivity contribution is 0.813. The van der Waals surface area contributed by atoms with Crippen molar-refractivity contribution in [2.75, 3.05) is 6.54 Å². The average Bonchev–Trinajstić information content (AvgIpc) is 1.35. The second-order valence-corrected chi connectivity index (χ2v) is 2.27. The largest absolute Gasteiger partial charge is 0.258 e. The van der Waals surface area contributed by atoms with Gasteiger partial charge in [-0.05, 0) is 6.42 Å². The quantitative estimate of drug-likeness (QED) is 0.505. The molecule has 0 aliphatic heterocycles. The summed E-state index contributed by atoms with van der Waals surface area (Å²) >= 11 is 4.06. The maximum atomic E-state index is 6.68. The number of hydrogen-bond acceptors (Lipinski definition) is 1. The summed E-state index contributed by atoms with van der Waals surface area (Å²) in [5.41, 5.74) is 6.68. The molecule has 2 heteroatoms. The fourth-order valence-corrected chi connectivity index (χ4v) is 0.338. The van der Waals surface area contributed by atoms with Gasteiger partial charge in [0.1, 0.15) is 0 Å². The van der Waals surface area contributed by atoms with Crippen LogP contribution in [0.4, 0.5) is 0 Å². The second-order valence-electron chi connectivity index (χ2n) is 1.39. The monoisotopic (exact) mass is 104 g/mol. The topological polar surface area (TPSA) is 23.8 Å². The van der Waals surface area contributed by atoms with Gasteiger partial charge in [0, 0.05) is 11.8 Å². The molecular weight excluding hydrogens is 94.1 g/mol. The Kier molecular flexibility index (Phi) is 3.68. The van der Waals surface area contributed by atoms with Gasteiger partial charge in [0.05, 0.1) is 0 Å². The Labute approximate surface area is 44.3 Å². The van der Waals surface area contributed by atoms with Crippen molar-refractivity contribution in [1.29, 1.82) is 0 Å². The second kappa shape index (κ2) is 3.50. The van der Waals surface area contributed by atoms with Crippen molar-refractivity contribution in [2.45, 2.75) is 18.6 Å². The first kappa shape index (κ1) is 6.31. The predicted octanol–water partition coefficient (Wildman–Crippen LogP) is 0.978. The summed E-state index contributed by atoms with van der Waals surface area (Å²) in [7, 11) is 0. The van der Waals surface area contributed by atoms with E-state index in [1.165, 1.54) is 0 Å². The molecule has 1 unspecified atom stereocenters. The standard InChI is InChI=1S/C4H10NS/c1-4(6)2-3-5/h4-6H,2-3H2,1H3. The molecule has 0 rings (SSSR count). The molecular formula is C4H10NS. The van der Waals surface area contributed by atoms with Crippen molar-refractivity contribution in [3.8, 4) is 0 Å². The van der Waals surface area contributed by atoms with E-state index in [4.69, 9.17) is 5.73 Å². The highest BCUT2D eigenvalue weighted by molar-refractivity contribution is 7.80. The fraction of sp³-hybridized carbons (Fsp3) is 1.00. The molecule has 0 aromatic carbocycles. The highest BCUT2D eigenvalue weighted by atomic mass is 32.1. The van der Waals surface area contributed by atoms with E-state index in [1.54, 1.807) is 0 Å². The van der Waals surface area contributed by atoms with Crippen molar-refractivity contribution in [1.82, 2.24) is 5.73 Å². The van der Waals surface area contributed by atoms with Crippen LogP contribution in [-0.4, -0.2) is 11.8 Å². The van der Waals surface area contributed by atoms with Crippen molar-refractivity contribution in [3.05, 3.63) is 0 Å². The summed E-state index contributed by atoms with van der Waals surface area (Å²) in [6, 6.07) is 0. The third-order valence-corrected chi connectivity index (χ3v) is 0.820. The van der Waals surface area contributed by atoms with Crippen LogP contribution in [0.3, 0.4) is 0 Å². The lowest BCUT2D eigenvalue weighted by atomic mass is 10.3. The molecule has 0 amide bonds. The number of rotatable bonds is 2. The van der Waals surface area contributed by atoms with E-state index in [0.29, 0.717) is 11.8 Å². The van der Waals surface area contributed by atoms with E-state index >= 15 is 0 Å². The van der Waals surface area contributed by atoms with Gasteiger partial charge in [0.15, 0.2) is 0 Å². The molecule has 0 saturated carbocycles. The lowest BCUT2D eigenvalue weighted by Crippen LogP contribution is -1.94. The van der Waals surface area contributed by atoms with Crippen molar-refractivity contribution in [2.24, 2.45) is 0 Å². The summed E-state index contributed by atoms with van der Waals surface area (Å²) in [5.74, 6) is 0. The zero-order valence-electron chi connectivity index (χ0n) is 3.94. The maximum absolute atomic E-state index is 6.68. The van der Waals surface area contributed by atoms with Crippen LogP contribution in [0, 0.1) is 0 Å². The Bertz CT molecular complexity index is 28.7. The van der Waals surface area contributed by atoms with Gasteiger partial charge in [0.2, 0.25) is 0 Å². The minimum absolute atomic E-state index is 0.405. The molecule has 0 spiro atoms.